The van der Waals surface area contributed by atoms with E-state index in [4.69, 9.17) is 13.7 Å². The molecule has 0 N–H and O–H groups in total. The van der Waals surface area contributed by atoms with Gasteiger partial charge in [-0.2, -0.15) is 8.42 Å². The number of amides is 1. The van der Waals surface area contributed by atoms with Crippen LogP contribution in [0.1, 0.15) is 40.2 Å². The molecular weight excluding hydrogens is 358 g/mol. The average Bonchev–Trinajstić information content (AvgIpc) is 2.79. The molecule has 1 heterocycles. The number of carbonyl (C=O) groups is 1. The molecule has 0 bridgehead atoms. The summed E-state index contributed by atoms with van der Waals surface area (Å²) in [7, 11) is -3.78. The highest BCUT2D eigenvalue weighted by molar-refractivity contribution is 7.85. The Bertz CT molecular complexity index is 724. The van der Waals surface area contributed by atoms with Gasteiger partial charge >= 0.3 is 6.09 Å². The zero-order chi connectivity index (χ0) is 19.6. The summed E-state index contributed by atoms with van der Waals surface area (Å²) in [4.78, 5) is 13.9. The maximum atomic E-state index is 12.5. The molecule has 1 aromatic carbocycles. The van der Waals surface area contributed by atoms with Crippen LogP contribution in [0.3, 0.4) is 0 Å². The number of nitrogens with zero attached hydrogens (tertiary/aromatic N) is 1. The molecule has 1 amide bonds. The van der Waals surface area contributed by atoms with E-state index in [9.17, 15) is 13.2 Å². The molecule has 1 aromatic rings. The number of hydrogen-bond acceptors (Lipinski definition) is 6. The fourth-order valence-electron chi connectivity index (χ4n) is 2.69. The number of hydrogen-bond donors (Lipinski definition) is 0. The number of rotatable bonds is 5. The molecule has 1 aliphatic rings. The van der Waals surface area contributed by atoms with Crippen LogP contribution in [-0.2, 0) is 29.5 Å². The Balaban J connectivity index is 2.04. The molecule has 1 atom stereocenters. The lowest BCUT2D eigenvalue weighted by molar-refractivity contribution is -0.0637. The first-order valence-electron chi connectivity index (χ1n) is 8.47. The van der Waals surface area contributed by atoms with Crippen molar-refractivity contribution in [2.24, 2.45) is 0 Å². The maximum Gasteiger partial charge on any atom is 0.412 e. The van der Waals surface area contributed by atoms with E-state index in [-0.39, 0.29) is 19.0 Å². The van der Waals surface area contributed by atoms with E-state index in [2.05, 4.69) is 0 Å². The van der Waals surface area contributed by atoms with Crippen LogP contribution >= 0.6 is 0 Å². The fourth-order valence-corrected chi connectivity index (χ4v) is 3.74. The molecule has 0 aromatic heterocycles. The van der Waals surface area contributed by atoms with E-state index < -0.39 is 33.6 Å². The molecule has 2 rings (SSSR count). The largest absolute Gasteiger partial charge is 0.444 e. The lowest BCUT2D eigenvalue weighted by Gasteiger charge is -2.34. The minimum absolute atomic E-state index is 0.174. The molecule has 1 aliphatic heterocycles. The highest BCUT2D eigenvalue weighted by Crippen LogP contribution is 2.29. The Morgan fingerprint density at radius 2 is 1.88 bits per heavy atom. The zero-order valence-corrected chi connectivity index (χ0v) is 16.7. The van der Waals surface area contributed by atoms with Crippen molar-refractivity contribution in [3.05, 3.63) is 35.9 Å². The fraction of sp³-hybridized carbons (Fsp3) is 0.611. The van der Waals surface area contributed by atoms with E-state index in [1.807, 2.05) is 6.07 Å². The summed E-state index contributed by atoms with van der Waals surface area (Å²) in [5.41, 5.74) is -0.931. The van der Waals surface area contributed by atoms with Crippen LogP contribution in [0.2, 0.25) is 0 Å². The second-order valence-corrected chi connectivity index (χ2v) is 9.37. The topological polar surface area (TPSA) is 82.1 Å². The molecule has 0 aliphatic carbocycles. The molecule has 146 valence electrons. The van der Waals surface area contributed by atoms with E-state index in [1.54, 1.807) is 58.9 Å². The van der Waals surface area contributed by atoms with Gasteiger partial charge in [0.05, 0.1) is 19.3 Å². The predicted octanol–water partition coefficient (Wildman–Crippen LogP) is 2.91. The molecule has 26 heavy (non-hydrogen) atoms. The second-order valence-electron chi connectivity index (χ2n) is 7.73. The Morgan fingerprint density at radius 1 is 1.27 bits per heavy atom. The standard InChI is InChI=1S/C18H27NO6S/c1-17(2,3)25-16(20)19-15(11-23-18(19,4)5)12-24-26(21,22)13-14-9-7-6-8-10-14/h6-10,15H,11-13H2,1-5H3/t15-/m0/s1. The summed E-state index contributed by atoms with van der Waals surface area (Å²) >= 11 is 0. The summed E-state index contributed by atoms with van der Waals surface area (Å²) in [5, 5.41) is 0. The Hall–Kier alpha value is -1.64. The lowest BCUT2D eigenvalue weighted by Crippen LogP contribution is -2.51. The Labute approximate surface area is 155 Å². The van der Waals surface area contributed by atoms with Crippen LogP contribution in [0.25, 0.3) is 0 Å². The van der Waals surface area contributed by atoms with Crippen molar-refractivity contribution in [2.75, 3.05) is 13.2 Å². The first-order chi connectivity index (χ1) is 11.9. The average molecular weight is 385 g/mol. The van der Waals surface area contributed by atoms with Crippen molar-refractivity contribution >= 4 is 16.2 Å². The molecule has 7 nitrogen and oxygen atoms in total. The van der Waals surface area contributed by atoms with Gasteiger partial charge < -0.3 is 9.47 Å². The smallest absolute Gasteiger partial charge is 0.412 e. The molecule has 1 saturated heterocycles. The van der Waals surface area contributed by atoms with Gasteiger partial charge in [0.25, 0.3) is 10.1 Å². The summed E-state index contributed by atoms with van der Waals surface area (Å²) in [5.74, 6) is -0.225. The van der Waals surface area contributed by atoms with E-state index in [1.165, 1.54) is 4.90 Å². The normalized spacial score (nSPS) is 20.2. The van der Waals surface area contributed by atoms with Crippen LogP contribution < -0.4 is 0 Å². The van der Waals surface area contributed by atoms with Gasteiger partial charge in [0.15, 0.2) is 0 Å². The van der Waals surface area contributed by atoms with Gasteiger partial charge in [0.1, 0.15) is 17.1 Å². The minimum Gasteiger partial charge on any atom is -0.444 e. The van der Waals surface area contributed by atoms with E-state index in [0.29, 0.717) is 5.56 Å². The Morgan fingerprint density at radius 3 is 2.46 bits per heavy atom. The molecular formula is C18H27NO6S. The SMILES string of the molecule is CC(C)(C)OC(=O)N1[C@H](COS(=O)(=O)Cc2ccccc2)COC1(C)C. The van der Waals surface area contributed by atoms with Gasteiger partial charge in [0.2, 0.25) is 0 Å². The highest BCUT2D eigenvalue weighted by Gasteiger charge is 2.46. The van der Waals surface area contributed by atoms with Crippen LogP contribution in [0.5, 0.6) is 0 Å². The highest BCUT2D eigenvalue weighted by atomic mass is 32.2. The molecule has 1 fully saturated rings. The monoisotopic (exact) mass is 385 g/mol. The van der Waals surface area contributed by atoms with Crippen molar-refractivity contribution in [1.29, 1.82) is 0 Å². The zero-order valence-electron chi connectivity index (χ0n) is 15.9. The molecule has 8 heteroatoms. The third-order valence-corrected chi connectivity index (χ3v) is 4.97. The number of carbonyl (C=O) groups excluding carboxylic acids is 1. The van der Waals surface area contributed by atoms with Gasteiger partial charge in [-0.05, 0) is 40.2 Å². The van der Waals surface area contributed by atoms with Gasteiger partial charge in [-0.1, -0.05) is 30.3 Å². The van der Waals surface area contributed by atoms with Crippen LogP contribution in [-0.4, -0.2) is 50.0 Å². The van der Waals surface area contributed by atoms with Crippen LogP contribution in [0.15, 0.2) is 30.3 Å². The van der Waals surface area contributed by atoms with Crippen molar-refractivity contribution in [2.45, 2.75) is 57.7 Å². The maximum absolute atomic E-state index is 12.5. The van der Waals surface area contributed by atoms with Gasteiger partial charge in [-0.3, -0.25) is 9.08 Å². The third-order valence-electron chi connectivity index (χ3n) is 3.79. The predicted molar refractivity (Wildman–Crippen MR) is 96.9 cm³/mol. The number of benzene rings is 1. The second kappa shape index (κ2) is 7.54. The van der Waals surface area contributed by atoms with Crippen molar-refractivity contribution in [1.82, 2.24) is 4.90 Å². The molecule has 0 unspecified atom stereocenters. The minimum atomic E-state index is -3.78. The number of ether oxygens (including phenoxy) is 2. The summed E-state index contributed by atoms with van der Waals surface area (Å²) in [6.07, 6.45) is -0.561. The quantitative estimate of drug-likeness (QED) is 0.725. The summed E-state index contributed by atoms with van der Waals surface area (Å²) in [6, 6.07) is 8.23. The van der Waals surface area contributed by atoms with Crippen molar-refractivity contribution in [3.8, 4) is 0 Å². The van der Waals surface area contributed by atoms with Crippen molar-refractivity contribution < 1.29 is 26.9 Å². The van der Waals surface area contributed by atoms with E-state index >= 15 is 0 Å². The first kappa shape index (κ1) is 20.7. The summed E-state index contributed by atoms with van der Waals surface area (Å²) < 4.78 is 40.7. The van der Waals surface area contributed by atoms with Gasteiger partial charge in [0, 0.05) is 0 Å². The molecule has 0 spiro atoms. The Kier molecular flexibility index (Phi) is 5.99. The molecule has 0 saturated carbocycles. The third kappa shape index (κ3) is 5.69. The van der Waals surface area contributed by atoms with Crippen molar-refractivity contribution in [3.63, 3.8) is 0 Å². The summed E-state index contributed by atoms with van der Waals surface area (Å²) in [6.45, 7) is 8.76. The molecule has 0 radical (unpaired) electrons. The lowest BCUT2D eigenvalue weighted by atomic mass is 10.2. The van der Waals surface area contributed by atoms with Crippen LogP contribution in [0, 0.1) is 0 Å². The van der Waals surface area contributed by atoms with Crippen LogP contribution in [0.4, 0.5) is 4.79 Å². The van der Waals surface area contributed by atoms with Gasteiger partial charge in [-0.25, -0.2) is 4.79 Å². The van der Waals surface area contributed by atoms with Gasteiger partial charge in [-0.15, -0.1) is 0 Å². The van der Waals surface area contributed by atoms with E-state index in [0.717, 1.165) is 0 Å². The first-order valence-corrected chi connectivity index (χ1v) is 10.0.